The highest BCUT2D eigenvalue weighted by Gasteiger charge is 2.23. The molecular formula is C15H20N4O. The molecule has 0 spiro atoms. The molecule has 1 aromatic carbocycles. The molecule has 0 radical (unpaired) electrons. The largest absolute Gasteiger partial charge is 0.395 e. The molecule has 0 fully saturated rings. The van der Waals surface area contributed by atoms with E-state index in [9.17, 15) is 4.79 Å². The lowest BCUT2D eigenvalue weighted by molar-refractivity contribution is 0.0983. The summed E-state index contributed by atoms with van der Waals surface area (Å²) in [6, 6.07) is 7.76. The van der Waals surface area contributed by atoms with Gasteiger partial charge in [0.25, 0.3) is 5.91 Å². The van der Waals surface area contributed by atoms with Crippen LogP contribution in [0.2, 0.25) is 0 Å². The van der Waals surface area contributed by atoms with Crippen molar-refractivity contribution in [2.24, 2.45) is 0 Å². The van der Waals surface area contributed by atoms with E-state index in [1.165, 1.54) is 0 Å². The third kappa shape index (κ3) is 2.27. The Morgan fingerprint density at radius 3 is 2.60 bits per heavy atom. The lowest BCUT2D eigenvalue weighted by atomic mass is 10.1. The Morgan fingerprint density at radius 1 is 1.35 bits per heavy atom. The van der Waals surface area contributed by atoms with E-state index in [1.54, 1.807) is 16.6 Å². The first-order valence-electron chi connectivity index (χ1n) is 6.64. The van der Waals surface area contributed by atoms with Gasteiger partial charge < -0.3 is 10.6 Å². The minimum absolute atomic E-state index is 0.140. The van der Waals surface area contributed by atoms with Crippen molar-refractivity contribution in [3.05, 3.63) is 41.2 Å². The van der Waals surface area contributed by atoms with Crippen LogP contribution in [-0.2, 0) is 6.54 Å². The summed E-state index contributed by atoms with van der Waals surface area (Å²) in [7, 11) is 1.76. The standard InChI is InChI=1S/C15H20N4O/c1-5-19-14(13(16)11(3)17-19)15(20)18(4)12-9-7-6-8-10(12)2/h6-9H,5,16H2,1-4H3. The van der Waals surface area contributed by atoms with E-state index in [4.69, 9.17) is 5.73 Å². The quantitative estimate of drug-likeness (QED) is 0.933. The van der Waals surface area contributed by atoms with Crippen LogP contribution in [0, 0.1) is 13.8 Å². The summed E-state index contributed by atoms with van der Waals surface area (Å²) < 4.78 is 1.65. The Balaban J connectivity index is 2.44. The molecule has 1 aromatic heterocycles. The third-order valence-electron chi connectivity index (χ3n) is 3.46. The van der Waals surface area contributed by atoms with Gasteiger partial charge in [-0.25, -0.2) is 0 Å². The fourth-order valence-electron chi connectivity index (χ4n) is 2.26. The van der Waals surface area contributed by atoms with Gasteiger partial charge in [0.15, 0.2) is 0 Å². The number of benzene rings is 1. The highest BCUT2D eigenvalue weighted by Crippen LogP contribution is 2.23. The lowest BCUT2D eigenvalue weighted by Crippen LogP contribution is -2.30. The van der Waals surface area contributed by atoms with Gasteiger partial charge in [-0.15, -0.1) is 0 Å². The maximum absolute atomic E-state index is 12.7. The number of nitrogen functional groups attached to an aromatic ring is 1. The number of nitrogens with zero attached hydrogens (tertiary/aromatic N) is 3. The molecule has 1 heterocycles. The van der Waals surface area contributed by atoms with Crippen LogP contribution in [0.25, 0.3) is 0 Å². The summed E-state index contributed by atoms with van der Waals surface area (Å²) in [5.74, 6) is -0.140. The van der Waals surface area contributed by atoms with Crippen molar-refractivity contribution in [3.63, 3.8) is 0 Å². The molecule has 2 rings (SSSR count). The van der Waals surface area contributed by atoms with Crippen molar-refractivity contribution in [2.75, 3.05) is 17.7 Å². The van der Waals surface area contributed by atoms with Gasteiger partial charge in [-0.1, -0.05) is 18.2 Å². The molecule has 2 N–H and O–H groups in total. The average Bonchev–Trinajstić information content (AvgIpc) is 2.73. The Hall–Kier alpha value is -2.30. The molecule has 0 aliphatic heterocycles. The predicted molar refractivity (Wildman–Crippen MR) is 81.0 cm³/mol. The number of hydrogen-bond donors (Lipinski definition) is 1. The number of rotatable bonds is 3. The minimum Gasteiger partial charge on any atom is -0.395 e. The van der Waals surface area contributed by atoms with Crippen molar-refractivity contribution in [3.8, 4) is 0 Å². The van der Waals surface area contributed by atoms with Crippen LogP contribution in [0.15, 0.2) is 24.3 Å². The smallest absolute Gasteiger partial charge is 0.278 e. The van der Waals surface area contributed by atoms with Crippen LogP contribution in [-0.4, -0.2) is 22.7 Å². The maximum atomic E-state index is 12.7. The number of anilines is 2. The highest BCUT2D eigenvalue weighted by atomic mass is 16.2. The van der Waals surface area contributed by atoms with Gasteiger partial charge in [0.2, 0.25) is 0 Å². The number of carbonyl (C=O) groups is 1. The topological polar surface area (TPSA) is 64.2 Å². The molecule has 20 heavy (non-hydrogen) atoms. The SMILES string of the molecule is CCn1nc(C)c(N)c1C(=O)N(C)c1ccccc1C. The molecule has 0 bridgehead atoms. The van der Waals surface area contributed by atoms with Crippen molar-refractivity contribution in [2.45, 2.75) is 27.3 Å². The molecule has 0 atom stereocenters. The normalized spacial score (nSPS) is 10.6. The number of carbonyl (C=O) groups excluding carboxylic acids is 1. The summed E-state index contributed by atoms with van der Waals surface area (Å²) >= 11 is 0. The van der Waals surface area contributed by atoms with Crippen LogP contribution in [0.4, 0.5) is 11.4 Å². The molecular weight excluding hydrogens is 252 g/mol. The van der Waals surface area contributed by atoms with E-state index in [0.29, 0.717) is 23.6 Å². The number of amides is 1. The number of para-hydroxylation sites is 1. The number of hydrogen-bond acceptors (Lipinski definition) is 3. The Morgan fingerprint density at radius 2 is 2.00 bits per heavy atom. The third-order valence-corrected chi connectivity index (χ3v) is 3.46. The second-order valence-corrected chi connectivity index (χ2v) is 4.81. The van der Waals surface area contributed by atoms with Crippen LogP contribution in [0.1, 0.15) is 28.7 Å². The van der Waals surface area contributed by atoms with Gasteiger partial charge in [-0.2, -0.15) is 5.10 Å². The first-order chi connectivity index (χ1) is 9.47. The summed E-state index contributed by atoms with van der Waals surface area (Å²) in [4.78, 5) is 14.3. The van der Waals surface area contributed by atoms with Crippen LogP contribution >= 0.6 is 0 Å². The van der Waals surface area contributed by atoms with Gasteiger partial charge >= 0.3 is 0 Å². The summed E-state index contributed by atoms with van der Waals surface area (Å²) in [6.45, 7) is 6.34. The van der Waals surface area contributed by atoms with Crippen molar-refractivity contribution in [1.29, 1.82) is 0 Å². The summed E-state index contributed by atoms with van der Waals surface area (Å²) in [6.07, 6.45) is 0. The van der Waals surface area contributed by atoms with Crippen LogP contribution in [0.3, 0.4) is 0 Å². The second-order valence-electron chi connectivity index (χ2n) is 4.81. The maximum Gasteiger partial charge on any atom is 0.278 e. The average molecular weight is 272 g/mol. The van der Waals surface area contributed by atoms with Crippen LogP contribution < -0.4 is 10.6 Å². The fraction of sp³-hybridized carbons (Fsp3) is 0.333. The summed E-state index contributed by atoms with van der Waals surface area (Å²) in [5, 5.41) is 4.29. The van der Waals surface area contributed by atoms with Gasteiger partial charge in [0.1, 0.15) is 5.69 Å². The monoisotopic (exact) mass is 272 g/mol. The molecule has 5 heteroatoms. The molecule has 0 aliphatic rings. The zero-order valence-electron chi connectivity index (χ0n) is 12.3. The minimum atomic E-state index is -0.140. The van der Waals surface area contributed by atoms with Crippen molar-refractivity contribution in [1.82, 2.24) is 9.78 Å². The van der Waals surface area contributed by atoms with Crippen molar-refractivity contribution >= 4 is 17.3 Å². The number of aromatic nitrogens is 2. The second kappa shape index (κ2) is 5.36. The van der Waals surface area contributed by atoms with E-state index < -0.39 is 0 Å². The molecule has 1 amide bonds. The van der Waals surface area contributed by atoms with Crippen molar-refractivity contribution < 1.29 is 4.79 Å². The number of nitrogens with two attached hydrogens (primary N) is 1. The Labute approximate surface area is 119 Å². The first kappa shape index (κ1) is 14.1. The van der Waals surface area contributed by atoms with Gasteiger partial charge in [-0.3, -0.25) is 9.48 Å². The van der Waals surface area contributed by atoms with Gasteiger partial charge in [0.05, 0.1) is 11.4 Å². The first-order valence-corrected chi connectivity index (χ1v) is 6.64. The molecule has 0 saturated carbocycles. The van der Waals surface area contributed by atoms with Crippen LogP contribution in [0.5, 0.6) is 0 Å². The van der Waals surface area contributed by atoms with E-state index in [0.717, 1.165) is 11.3 Å². The number of aryl methyl sites for hydroxylation is 3. The van der Waals surface area contributed by atoms with E-state index in [1.807, 2.05) is 45.0 Å². The van der Waals surface area contributed by atoms with Gasteiger partial charge in [0, 0.05) is 19.3 Å². The fourth-order valence-corrected chi connectivity index (χ4v) is 2.26. The van der Waals surface area contributed by atoms with Gasteiger partial charge in [-0.05, 0) is 32.4 Å². The molecule has 5 nitrogen and oxygen atoms in total. The Bertz CT molecular complexity index is 645. The molecule has 0 aliphatic carbocycles. The highest BCUT2D eigenvalue weighted by molar-refractivity contribution is 6.08. The summed E-state index contributed by atoms with van der Waals surface area (Å²) in [5.41, 5.74) is 9.52. The molecule has 0 saturated heterocycles. The molecule has 0 unspecified atom stereocenters. The van der Waals surface area contributed by atoms with E-state index in [-0.39, 0.29) is 5.91 Å². The molecule has 106 valence electrons. The lowest BCUT2D eigenvalue weighted by Gasteiger charge is -2.20. The van der Waals surface area contributed by atoms with E-state index >= 15 is 0 Å². The molecule has 2 aromatic rings. The zero-order valence-corrected chi connectivity index (χ0v) is 12.3. The van der Waals surface area contributed by atoms with E-state index in [2.05, 4.69) is 5.10 Å². The zero-order chi connectivity index (χ0) is 14.9. The Kier molecular flexibility index (Phi) is 3.79. The predicted octanol–water partition coefficient (Wildman–Crippen LogP) is 2.38.